The lowest BCUT2D eigenvalue weighted by molar-refractivity contribution is -0.121. The minimum atomic E-state index is -3.89. The normalized spacial score (nSPS) is 11.2. The molecule has 0 radical (unpaired) electrons. The number of anilines is 1. The Hall–Kier alpha value is -3.19. The number of thiophene rings is 1. The van der Waals surface area contributed by atoms with E-state index in [1.807, 2.05) is 55.4 Å². The minimum absolute atomic E-state index is 0.0560. The molecule has 2 aromatic heterocycles. The quantitative estimate of drug-likeness (QED) is 0.288. The van der Waals surface area contributed by atoms with Gasteiger partial charge in [-0.15, -0.1) is 11.3 Å². The minimum Gasteiger partial charge on any atom is -0.496 e. The lowest BCUT2D eigenvalue weighted by Gasteiger charge is -2.11. The number of nitrogens with zero attached hydrogens (tertiary/aromatic N) is 3. The van der Waals surface area contributed by atoms with Crippen LogP contribution in [0.3, 0.4) is 0 Å². The summed E-state index contributed by atoms with van der Waals surface area (Å²) in [5, 5.41) is 8.05. The standard InChI is InChI=1S/C24H26ClN5O4S2.CH3F/c1-29(2)15-21(31)26-13-16-6-4-7-17(12-16)14-30-18-8-5-9-19(34-3)23(18)24(27-30)28-36(32,33)22-11-10-20(25)35-22;1-2/h4-12H,13-15H2,1-3H3,(H,26,31)(H,27,28);1H3. The van der Waals surface area contributed by atoms with E-state index >= 15 is 0 Å². The first kappa shape index (κ1) is 29.4. The topological polar surface area (TPSA) is 106 Å². The molecule has 0 saturated carbocycles. The van der Waals surface area contributed by atoms with E-state index in [-0.39, 0.29) is 15.9 Å². The van der Waals surface area contributed by atoms with Crippen LogP contribution in [-0.4, -0.2) is 63.9 Å². The van der Waals surface area contributed by atoms with Crippen molar-refractivity contribution in [2.45, 2.75) is 17.3 Å². The number of hydrogen-bond acceptors (Lipinski definition) is 7. The molecule has 0 spiro atoms. The van der Waals surface area contributed by atoms with Gasteiger partial charge in [-0.25, -0.2) is 8.42 Å². The Balaban J connectivity index is 0.00000195. The fourth-order valence-electron chi connectivity index (χ4n) is 3.73. The molecule has 204 valence electrons. The molecule has 0 saturated heterocycles. The van der Waals surface area contributed by atoms with Crippen molar-refractivity contribution in [3.05, 3.63) is 70.1 Å². The Kier molecular flexibility index (Phi) is 10.1. The first-order valence-electron chi connectivity index (χ1n) is 11.3. The van der Waals surface area contributed by atoms with E-state index in [1.54, 1.807) is 10.7 Å². The molecular formula is C25H29ClFN5O4S2. The molecule has 13 heteroatoms. The number of rotatable bonds is 10. The molecule has 1 amide bonds. The second-order valence-electron chi connectivity index (χ2n) is 8.36. The van der Waals surface area contributed by atoms with Gasteiger partial charge in [-0.1, -0.05) is 41.9 Å². The van der Waals surface area contributed by atoms with Gasteiger partial charge in [0.1, 0.15) is 9.96 Å². The Morgan fingerprint density at radius 3 is 2.50 bits per heavy atom. The molecule has 0 aliphatic rings. The van der Waals surface area contributed by atoms with E-state index < -0.39 is 10.0 Å². The SMILES string of the molecule is CF.COc1cccc2c1c(NS(=O)(=O)c1ccc(Cl)s1)nn2Cc1cccc(CNC(=O)CN(C)C)c1. The van der Waals surface area contributed by atoms with Crippen molar-refractivity contribution in [1.82, 2.24) is 20.0 Å². The van der Waals surface area contributed by atoms with Gasteiger partial charge in [0, 0.05) is 6.54 Å². The molecule has 4 aromatic rings. The summed E-state index contributed by atoms with van der Waals surface area (Å²) in [6, 6.07) is 16.2. The summed E-state index contributed by atoms with van der Waals surface area (Å²) in [5.74, 6) is 0.608. The summed E-state index contributed by atoms with van der Waals surface area (Å²) in [6.45, 7) is 1.11. The number of likely N-dealkylation sites (N-methyl/N-ethyl adjacent to an activating group) is 1. The van der Waals surface area contributed by atoms with Crippen molar-refractivity contribution in [2.24, 2.45) is 0 Å². The van der Waals surface area contributed by atoms with Crippen molar-refractivity contribution >= 4 is 55.6 Å². The van der Waals surface area contributed by atoms with E-state index in [4.69, 9.17) is 16.3 Å². The van der Waals surface area contributed by atoms with Crippen molar-refractivity contribution in [3.63, 3.8) is 0 Å². The first-order valence-corrected chi connectivity index (χ1v) is 14.0. The highest BCUT2D eigenvalue weighted by Gasteiger charge is 2.23. The van der Waals surface area contributed by atoms with Gasteiger partial charge in [0.15, 0.2) is 5.82 Å². The van der Waals surface area contributed by atoms with Gasteiger partial charge < -0.3 is 15.0 Å². The van der Waals surface area contributed by atoms with Crippen LogP contribution in [0.4, 0.5) is 10.2 Å². The Labute approximate surface area is 230 Å². The average Bonchev–Trinajstić information content (AvgIpc) is 3.48. The maximum atomic E-state index is 13.0. The number of nitrogens with one attached hydrogen (secondary N) is 2. The first-order chi connectivity index (χ1) is 18.2. The van der Waals surface area contributed by atoms with Crippen LogP contribution < -0.4 is 14.8 Å². The van der Waals surface area contributed by atoms with Gasteiger partial charge in [0.05, 0.1) is 42.6 Å². The molecule has 2 N–H and O–H groups in total. The van der Waals surface area contributed by atoms with Crippen LogP contribution in [0.1, 0.15) is 11.1 Å². The number of benzene rings is 2. The van der Waals surface area contributed by atoms with Crippen LogP contribution in [-0.2, 0) is 27.9 Å². The molecule has 0 unspecified atom stereocenters. The number of alkyl halides is 1. The lowest BCUT2D eigenvalue weighted by Crippen LogP contribution is -2.32. The van der Waals surface area contributed by atoms with Crippen LogP contribution in [0.5, 0.6) is 5.75 Å². The highest BCUT2D eigenvalue weighted by molar-refractivity contribution is 7.94. The fourth-order valence-corrected chi connectivity index (χ4v) is 6.23. The van der Waals surface area contributed by atoms with Crippen molar-refractivity contribution < 1.29 is 22.3 Å². The summed E-state index contributed by atoms with van der Waals surface area (Å²) >= 11 is 6.91. The van der Waals surface area contributed by atoms with Crippen LogP contribution in [0.15, 0.2) is 58.8 Å². The highest BCUT2D eigenvalue weighted by atomic mass is 35.5. The molecule has 0 aliphatic heterocycles. The highest BCUT2D eigenvalue weighted by Crippen LogP contribution is 2.35. The van der Waals surface area contributed by atoms with Gasteiger partial charge in [-0.2, -0.15) is 5.10 Å². The summed E-state index contributed by atoms with van der Waals surface area (Å²) in [6.07, 6.45) is 0. The van der Waals surface area contributed by atoms with E-state index in [1.165, 1.54) is 19.2 Å². The molecule has 2 aromatic carbocycles. The van der Waals surface area contributed by atoms with Crippen molar-refractivity contribution in [2.75, 3.05) is 39.6 Å². The zero-order valence-electron chi connectivity index (χ0n) is 21.4. The van der Waals surface area contributed by atoms with Crippen molar-refractivity contribution in [1.29, 1.82) is 0 Å². The number of methoxy groups -OCH3 is 1. The van der Waals surface area contributed by atoms with Crippen molar-refractivity contribution in [3.8, 4) is 5.75 Å². The summed E-state index contributed by atoms with van der Waals surface area (Å²) in [4.78, 5) is 13.8. The van der Waals surface area contributed by atoms with Crippen LogP contribution >= 0.6 is 22.9 Å². The Bertz CT molecular complexity index is 1500. The molecular weight excluding hydrogens is 553 g/mol. The largest absolute Gasteiger partial charge is 0.496 e. The number of sulfonamides is 1. The third kappa shape index (κ3) is 7.22. The number of halogens is 2. The second kappa shape index (κ2) is 13.1. The third-order valence-corrected chi connectivity index (χ3v) is 8.34. The van der Waals surface area contributed by atoms with E-state index in [0.717, 1.165) is 22.5 Å². The van der Waals surface area contributed by atoms with Gasteiger partial charge in [0.25, 0.3) is 10.0 Å². The Morgan fingerprint density at radius 1 is 1.13 bits per heavy atom. The molecule has 0 aliphatic carbocycles. The predicted octanol–water partition coefficient (Wildman–Crippen LogP) is 4.37. The van der Waals surface area contributed by atoms with Crippen LogP contribution in [0, 0.1) is 0 Å². The monoisotopic (exact) mass is 581 g/mol. The van der Waals surface area contributed by atoms with Gasteiger partial charge in [0.2, 0.25) is 5.91 Å². The molecule has 2 heterocycles. The summed E-state index contributed by atoms with van der Waals surface area (Å²) in [7, 11) is 1.82. The zero-order chi connectivity index (χ0) is 27.9. The lowest BCUT2D eigenvalue weighted by atomic mass is 10.1. The van der Waals surface area contributed by atoms with Gasteiger partial charge in [-0.05, 0) is 49.5 Å². The second-order valence-corrected chi connectivity index (χ2v) is 12.0. The summed E-state index contributed by atoms with van der Waals surface area (Å²) < 4.78 is 45.7. The van der Waals surface area contributed by atoms with Gasteiger partial charge in [-0.3, -0.25) is 18.6 Å². The third-order valence-electron chi connectivity index (χ3n) is 5.28. The molecule has 0 fully saturated rings. The molecule has 0 bridgehead atoms. The number of aromatic nitrogens is 2. The fraction of sp³-hybridized carbons (Fsp3) is 0.280. The molecule has 38 heavy (non-hydrogen) atoms. The number of fused-ring (bicyclic) bond motifs is 1. The van der Waals surface area contributed by atoms with Crippen LogP contribution in [0.2, 0.25) is 4.34 Å². The number of amides is 1. The number of carbonyl (C=O) groups is 1. The van der Waals surface area contributed by atoms with Crippen LogP contribution in [0.25, 0.3) is 10.9 Å². The van der Waals surface area contributed by atoms with E-state index in [0.29, 0.717) is 47.8 Å². The van der Waals surface area contributed by atoms with E-state index in [2.05, 4.69) is 15.1 Å². The number of ether oxygens (including phenoxy) is 1. The molecule has 4 rings (SSSR count). The van der Waals surface area contributed by atoms with Gasteiger partial charge >= 0.3 is 0 Å². The predicted molar refractivity (Wildman–Crippen MR) is 149 cm³/mol. The molecule has 0 atom stereocenters. The summed E-state index contributed by atoms with van der Waals surface area (Å²) in [5.41, 5.74) is 2.60. The maximum Gasteiger partial charge on any atom is 0.272 e. The number of hydrogen-bond donors (Lipinski definition) is 2. The molecule has 9 nitrogen and oxygen atoms in total. The van der Waals surface area contributed by atoms with E-state index in [9.17, 15) is 17.6 Å². The average molecular weight is 582 g/mol. The smallest absolute Gasteiger partial charge is 0.272 e. The maximum absolute atomic E-state index is 13.0. The Morgan fingerprint density at radius 2 is 1.84 bits per heavy atom. The number of carbonyl (C=O) groups excluding carboxylic acids is 1. The zero-order valence-corrected chi connectivity index (χ0v) is 23.8.